The number of hydrogen-bond donors (Lipinski definition) is 13. The zero-order valence-electron chi connectivity index (χ0n) is 48.5. The van der Waals surface area contributed by atoms with Crippen molar-refractivity contribution in [2.24, 2.45) is 22.9 Å². The van der Waals surface area contributed by atoms with E-state index in [9.17, 15) is 43.2 Å². The van der Waals surface area contributed by atoms with Crippen molar-refractivity contribution in [2.75, 3.05) is 33.9 Å². The molecule has 3 fully saturated rings. The fraction of sp³-hybridized carbons (Fsp3) is 0.491. The molecule has 3 saturated heterocycles. The third-order valence-corrected chi connectivity index (χ3v) is 11.5. The highest BCUT2D eigenvalue weighted by atomic mass is 36.0. The molecule has 29 nitrogen and oxygen atoms in total. The maximum Gasteiger partial charge on any atom is 0.410 e. The first kappa shape index (κ1) is 87.1. The van der Waals surface area contributed by atoms with Crippen LogP contribution in [0.1, 0.15) is 76.0 Å². The number of nitrogens with one attached hydrogen (secondary N) is 1. The summed E-state index contributed by atoms with van der Waals surface area (Å²) in [6.45, 7) is 6.62. The van der Waals surface area contributed by atoms with Crippen LogP contribution in [0.25, 0.3) is 0 Å². The SMILES string of the molecule is CO.COC(=O)[C@@H](N)[C@@H](C)O.C[C@@H](O)[C@H](N)C(=O)O.C[C@@H](O)[C@H](N)C(N)=O.N.O=C(Cl)OCc1ccccc1.O=C(Cl)[C@@H]1CCCN1C(=O)OCc1ccccc1.O=C(O)[C@@H]1CCCN1.O=C(O)[C@@H]1CCCN1C(=O)OCc1ccccc1.O=S(Cl)Cl. The summed E-state index contributed by atoms with van der Waals surface area (Å²) in [5, 5.41) is 60.5. The Morgan fingerprint density at radius 2 is 0.954 bits per heavy atom. The van der Waals surface area contributed by atoms with Gasteiger partial charge in [-0.3, -0.25) is 33.8 Å². The van der Waals surface area contributed by atoms with Crippen molar-refractivity contribution >= 4 is 106 Å². The number of aliphatic hydroxyl groups excluding tert-OH is 4. The number of nitrogens with zero attached hydrogens (tertiary/aromatic N) is 2. The van der Waals surface area contributed by atoms with E-state index in [1.807, 2.05) is 91.0 Å². The molecule has 3 amide bonds. The summed E-state index contributed by atoms with van der Waals surface area (Å²) in [6.07, 6.45) is 0.669. The van der Waals surface area contributed by atoms with E-state index < -0.39 is 110 Å². The van der Waals surface area contributed by atoms with Gasteiger partial charge in [0.1, 0.15) is 56.1 Å². The molecule has 494 valence electrons. The molecule has 3 aliphatic heterocycles. The van der Waals surface area contributed by atoms with Gasteiger partial charge in [-0.05, 0) is 94.1 Å². The Labute approximate surface area is 525 Å². The predicted octanol–water partition coefficient (Wildman–Crippen LogP) is 3.45. The van der Waals surface area contributed by atoms with Gasteiger partial charge < -0.3 is 89.1 Å². The van der Waals surface area contributed by atoms with Gasteiger partial charge in [0, 0.05) is 53.2 Å². The number of halogens is 4. The van der Waals surface area contributed by atoms with E-state index in [0.717, 1.165) is 49.6 Å². The third-order valence-electron chi connectivity index (χ3n) is 11.1. The number of carboxylic acids is 3. The molecular formula is C53H82Cl4N8O21S. The van der Waals surface area contributed by atoms with Gasteiger partial charge in [0.2, 0.25) is 20.4 Å². The lowest BCUT2D eigenvalue weighted by Crippen LogP contribution is -2.44. The molecule has 3 heterocycles. The minimum absolute atomic E-state index is 0. The van der Waals surface area contributed by atoms with Gasteiger partial charge in [0.25, 0.3) is 0 Å². The van der Waals surface area contributed by atoms with Gasteiger partial charge in [0.15, 0.2) is 0 Å². The Morgan fingerprint density at radius 1 is 0.598 bits per heavy atom. The number of carbonyl (C=O) groups is 9. The smallest absolute Gasteiger partial charge is 0.410 e. The number of carboxylic acid groups (broad SMARTS) is 3. The number of hydrogen-bond acceptors (Lipinski definition) is 23. The van der Waals surface area contributed by atoms with Gasteiger partial charge in [-0.25, -0.2) is 23.4 Å². The molecule has 3 aromatic carbocycles. The lowest BCUT2D eigenvalue weighted by Gasteiger charge is -2.20. The maximum atomic E-state index is 11.8. The van der Waals surface area contributed by atoms with Crippen molar-refractivity contribution in [3.05, 3.63) is 108 Å². The first-order chi connectivity index (χ1) is 40.4. The second-order valence-corrected chi connectivity index (χ2v) is 20.9. The normalized spacial score (nSPS) is 16.9. The first-order valence-electron chi connectivity index (χ1n) is 25.7. The van der Waals surface area contributed by atoms with Crippen LogP contribution in [0.3, 0.4) is 0 Å². The van der Waals surface area contributed by atoms with E-state index >= 15 is 0 Å². The first-order valence-corrected chi connectivity index (χ1v) is 29.2. The monoisotopic (exact) mass is 1340 g/mol. The molecule has 0 unspecified atom stereocenters. The van der Waals surface area contributed by atoms with Gasteiger partial charge in [0.05, 0.1) is 25.4 Å². The molecule has 9 atom stereocenters. The van der Waals surface area contributed by atoms with Crippen molar-refractivity contribution in [2.45, 2.75) is 134 Å². The molecule has 34 heteroatoms. The molecule has 3 aliphatic rings. The summed E-state index contributed by atoms with van der Waals surface area (Å²) in [5.41, 5.74) is 21.8. The number of benzene rings is 3. The molecule has 0 aliphatic carbocycles. The van der Waals surface area contributed by atoms with Crippen LogP contribution in [-0.4, -0.2) is 191 Å². The summed E-state index contributed by atoms with van der Waals surface area (Å²) in [6, 6.07) is 23.5. The fourth-order valence-electron chi connectivity index (χ4n) is 6.45. The van der Waals surface area contributed by atoms with Crippen LogP contribution in [0.5, 0.6) is 0 Å². The molecule has 87 heavy (non-hydrogen) atoms. The Morgan fingerprint density at radius 3 is 1.18 bits per heavy atom. The number of rotatable bonds is 15. The Hall–Kier alpha value is -6.36. The van der Waals surface area contributed by atoms with Crippen molar-refractivity contribution in [1.82, 2.24) is 21.3 Å². The van der Waals surface area contributed by atoms with Crippen LogP contribution in [0, 0.1) is 0 Å². The minimum Gasteiger partial charge on any atom is -0.480 e. The molecular weight excluding hydrogens is 1260 g/mol. The number of aliphatic carboxylic acids is 3. The second-order valence-electron chi connectivity index (χ2n) is 17.7. The molecule has 19 N–H and O–H groups in total. The van der Waals surface area contributed by atoms with Gasteiger partial charge in [-0.15, -0.1) is 0 Å². The van der Waals surface area contributed by atoms with Gasteiger partial charge >= 0.3 is 41.5 Å². The number of nitrogens with two attached hydrogens (primary N) is 4. The zero-order valence-corrected chi connectivity index (χ0v) is 52.4. The average Bonchev–Trinajstić information content (AvgIpc) is 4.20. The Kier molecular flexibility index (Phi) is 51.7. The highest BCUT2D eigenvalue weighted by molar-refractivity contribution is 8.26. The van der Waals surface area contributed by atoms with Crippen LogP contribution in [0.4, 0.5) is 14.4 Å². The van der Waals surface area contributed by atoms with Gasteiger partial charge in [-0.1, -0.05) is 91.0 Å². The Balaban J connectivity index is -0.000000467. The average molecular weight is 1340 g/mol. The van der Waals surface area contributed by atoms with E-state index in [1.54, 1.807) is 0 Å². The molecule has 0 aromatic heterocycles. The number of amides is 3. The largest absolute Gasteiger partial charge is 0.480 e. The zero-order chi connectivity index (χ0) is 66.5. The van der Waals surface area contributed by atoms with Crippen molar-refractivity contribution in [1.29, 1.82) is 0 Å². The quantitative estimate of drug-likeness (QED) is 0.0588. The lowest BCUT2D eigenvalue weighted by atomic mass is 10.2. The molecule has 0 spiro atoms. The van der Waals surface area contributed by atoms with Crippen LogP contribution >= 0.6 is 44.6 Å². The van der Waals surface area contributed by atoms with Crippen molar-refractivity contribution in [3.63, 3.8) is 0 Å². The standard InChI is InChI=1S/C13H14ClNO3.C13H15NO4.C8H7ClO2.C5H11NO3.C5H9NO2.C4H10N2O2.C4H9NO3.CH4O.Cl2OS.H3N/c14-12(16)11-7-4-8-15(11)13(17)18-9-10-5-2-1-3-6-10;15-12(16)11-7-4-8-14(11)13(17)18-9-10-5-2-1-3-6-10;9-8(10)11-6-7-4-2-1-3-5-7;1-3(7)4(6)5(8)9-2;7-5(8)4-2-1-3-6-4;1-2(7)3(5)4(6)8;1-2(6)3(5)4(7)8;1-2;1-4(2)3;/h1-3,5-6,11H,4,7-9H2;1-3,5-6,11H,4,7-9H2,(H,15,16);1-5H,6H2;3-4,7H,6H2,1-2H3;4,6H,1-3H2,(H,7,8);2-3,7H,5H2,1H3,(H2,6,8);2-3,6H,5H2,1H3,(H,7,8);2H,1H3;;1H3/t2*11-;;3-,4+;4-;2*2-,3+;;;/m00.1011.../s1. The fourth-order valence-corrected chi connectivity index (χ4v) is 6.74. The number of likely N-dealkylation sites (tertiary alicyclic amines) is 2. The summed E-state index contributed by atoms with van der Waals surface area (Å²) in [7, 11) is 9.58. The van der Waals surface area contributed by atoms with Crippen molar-refractivity contribution in [3.8, 4) is 0 Å². The molecule has 0 radical (unpaired) electrons. The van der Waals surface area contributed by atoms with E-state index in [4.69, 9.17) is 95.6 Å². The number of primary amides is 1. The summed E-state index contributed by atoms with van der Waals surface area (Å²) >= 11 is 10.4. The Bertz CT molecular complexity index is 2320. The van der Waals surface area contributed by atoms with E-state index in [0.29, 0.717) is 32.4 Å². The summed E-state index contributed by atoms with van der Waals surface area (Å²) in [5.74, 6) is -4.14. The molecule has 6 rings (SSSR count). The number of methoxy groups -OCH3 is 1. The highest BCUT2D eigenvalue weighted by Crippen LogP contribution is 2.21. The minimum atomic E-state index is -1.67. The second kappa shape index (κ2) is 51.7. The van der Waals surface area contributed by atoms with E-state index in [1.165, 1.54) is 37.7 Å². The van der Waals surface area contributed by atoms with Crippen LogP contribution < -0.4 is 34.4 Å². The molecule has 3 aromatic rings. The van der Waals surface area contributed by atoms with E-state index in [2.05, 4.69) is 36.2 Å². The third kappa shape index (κ3) is 43.0. The van der Waals surface area contributed by atoms with Gasteiger partial charge in [-0.2, -0.15) is 0 Å². The lowest BCUT2D eigenvalue weighted by molar-refractivity contribution is -0.145. The van der Waals surface area contributed by atoms with Crippen molar-refractivity contribution < 1.29 is 102 Å². The number of carbonyl (C=O) groups excluding carboxylic acids is 6. The molecule has 0 bridgehead atoms. The van der Waals surface area contributed by atoms with Crippen LogP contribution in [0.15, 0.2) is 91.0 Å². The number of aliphatic hydroxyl groups is 4. The highest BCUT2D eigenvalue weighted by Gasteiger charge is 2.36. The topological polar surface area (TPSA) is 507 Å². The summed E-state index contributed by atoms with van der Waals surface area (Å²) in [4.78, 5) is 99.1. The number of ether oxygens (including phenoxy) is 4. The summed E-state index contributed by atoms with van der Waals surface area (Å²) < 4.78 is 28.2. The maximum absolute atomic E-state index is 11.8. The predicted molar refractivity (Wildman–Crippen MR) is 323 cm³/mol. The van der Waals surface area contributed by atoms with Crippen LogP contribution in [0.2, 0.25) is 0 Å². The number of esters is 1. The molecule has 0 saturated carbocycles. The van der Waals surface area contributed by atoms with E-state index in [-0.39, 0.29) is 32.0 Å². The van der Waals surface area contributed by atoms with Crippen LogP contribution in [-0.2, 0) is 76.8 Å².